The third-order valence-electron chi connectivity index (χ3n) is 4.82. The molecule has 9 heteroatoms. The second-order valence-corrected chi connectivity index (χ2v) is 10.8. The van der Waals surface area contributed by atoms with Gasteiger partial charge in [0, 0.05) is 12.1 Å². The fourth-order valence-corrected chi connectivity index (χ4v) is 5.12. The Balaban J connectivity index is 0.00000341. The molecule has 0 saturated heterocycles. The largest absolute Gasteiger partial charge is 0.309 e. The molecule has 1 amide bonds. The number of carbonyl (C=O) groups excluding carboxylic acids is 1. The second kappa shape index (κ2) is 10.5. The van der Waals surface area contributed by atoms with Gasteiger partial charge in [-0.2, -0.15) is 0 Å². The van der Waals surface area contributed by atoms with Crippen LogP contribution < -0.4 is 4.90 Å². The molecule has 1 aromatic heterocycles. The standard InChI is InChI=1S/C22H27N3O3S2.ClH/c1-5-30(27,28)18-9-6-8-17(15-18)21(26)25(13-7-12-24(3)4)22-23-19-11-10-16(2)14-20(19)29-22;/h6,8-11,14-15H,5,7,12-13H2,1-4H3;1H. The SMILES string of the molecule is CCS(=O)(=O)c1cccc(C(=O)N(CCCN(C)C)c2nc3ccc(C)cc3s2)c1.Cl. The van der Waals surface area contributed by atoms with Crippen LogP contribution in [0.25, 0.3) is 10.2 Å². The lowest BCUT2D eigenvalue weighted by Crippen LogP contribution is -2.33. The Morgan fingerprint density at radius 3 is 2.52 bits per heavy atom. The number of hydrogen-bond acceptors (Lipinski definition) is 6. The van der Waals surface area contributed by atoms with Crippen LogP contribution in [0, 0.1) is 6.92 Å². The smallest absolute Gasteiger partial charge is 0.260 e. The number of carbonyl (C=O) groups is 1. The predicted octanol–water partition coefficient (Wildman–Crippen LogP) is 4.42. The summed E-state index contributed by atoms with van der Waals surface area (Å²) in [6, 6.07) is 12.3. The van der Waals surface area contributed by atoms with Gasteiger partial charge in [0.05, 0.1) is 20.9 Å². The molecular weight excluding hydrogens is 454 g/mol. The van der Waals surface area contributed by atoms with Crippen molar-refractivity contribution in [1.29, 1.82) is 0 Å². The third kappa shape index (κ3) is 6.04. The van der Waals surface area contributed by atoms with E-state index in [9.17, 15) is 13.2 Å². The summed E-state index contributed by atoms with van der Waals surface area (Å²) in [6.45, 7) is 4.96. The van der Waals surface area contributed by atoms with E-state index in [-0.39, 0.29) is 29.0 Å². The fourth-order valence-electron chi connectivity index (χ4n) is 3.11. The van der Waals surface area contributed by atoms with Gasteiger partial charge in [0.2, 0.25) is 0 Å². The van der Waals surface area contributed by atoms with Crippen LogP contribution in [0.3, 0.4) is 0 Å². The summed E-state index contributed by atoms with van der Waals surface area (Å²) < 4.78 is 25.6. The summed E-state index contributed by atoms with van der Waals surface area (Å²) >= 11 is 1.48. The first-order valence-electron chi connectivity index (χ1n) is 9.88. The Labute approximate surface area is 194 Å². The maximum atomic E-state index is 13.4. The van der Waals surface area contributed by atoms with Gasteiger partial charge in [-0.05, 0) is 69.9 Å². The van der Waals surface area contributed by atoms with Crippen molar-refractivity contribution in [3.8, 4) is 0 Å². The Morgan fingerprint density at radius 1 is 1.10 bits per heavy atom. The third-order valence-corrected chi connectivity index (χ3v) is 7.59. The molecule has 0 aliphatic rings. The highest BCUT2D eigenvalue weighted by Crippen LogP contribution is 2.31. The lowest BCUT2D eigenvalue weighted by Gasteiger charge is -2.21. The highest BCUT2D eigenvalue weighted by molar-refractivity contribution is 7.91. The molecule has 0 atom stereocenters. The predicted molar refractivity (Wildman–Crippen MR) is 131 cm³/mol. The lowest BCUT2D eigenvalue weighted by molar-refractivity contribution is 0.0986. The molecule has 31 heavy (non-hydrogen) atoms. The van der Waals surface area contributed by atoms with Crippen LogP contribution >= 0.6 is 23.7 Å². The zero-order chi connectivity index (χ0) is 21.9. The molecule has 1 heterocycles. The molecule has 0 saturated carbocycles. The van der Waals surface area contributed by atoms with E-state index in [1.165, 1.54) is 23.5 Å². The van der Waals surface area contributed by atoms with Gasteiger partial charge in [-0.3, -0.25) is 9.69 Å². The molecular formula is C22H28ClN3O3S2. The molecule has 6 nitrogen and oxygen atoms in total. The second-order valence-electron chi connectivity index (χ2n) is 7.51. The number of benzene rings is 2. The normalized spacial score (nSPS) is 11.5. The van der Waals surface area contributed by atoms with Crippen molar-refractivity contribution in [2.45, 2.75) is 25.2 Å². The first-order valence-corrected chi connectivity index (χ1v) is 12.3. The van der Waals surface area contributed by atoms with E-state index < -0.39 is 9.84 Å². The molecule has 0 N–H and O–H groups in total. The van der Waals surface area contributed by atoms with E-state index >= 15 is 0 Å². The van der Waals surface area contributed by atoms with Crippen molar-refractivity contribution in [3.05, 3.63) is 53.6 Å². The van der Waals surface area contributed by atoms with Gasteiger partial charge in [-0.15, -0.1) is 12.4 Å². The fraction of sp³-hybridized carbons (Fsp3) is 0.364. The molecule has 0 radical (unpaired) electrons. The molecule has 168 valence electrons. The van der Waals surface area contributed by atoms with Crippen molar-refractivity contribution in [3.63, 3.8) is 0 Å². The number of thiazole rings is 1. The molecule has 0 spiro atoms. The summed E-state index contributed by atoms with van der Waals surface area (Å²) in [6.07, 6.45) is 0.778. The van der Waals surface area contributed by atoms with Crippen molar-refractivity contribution in [2.75, 3.05) is 37.8 Å². The van der Waals surface area contributed by atoms with Crippen LogP contribution in [0.2, 0.25) is 0 Å². The number of sulfone groups is 1. The van der Waals surface area contributed by atoms with E-state index in [0.717, 1.165) is 28.7 Å². The Hall–Kier alpha value is -2.00. The Morgan fingerprint density at radius 2 is 1.84 bits per heavy atom. The van der Waals surface area contributed by atoms with E-state index in [1.54, 1.807) is 24.0 Å². The van der Waals surface area contributed by atoms with Gasteiger partial charge in [0.25, 0.3) is 5.91 Å². The van der Waals surface area contributed by atoms with Crippen molar-refractivity contribution in [2.24, 2.45) is 0 Å². The first-order chi connectivity index (χ1) is 14.2. The van der Waals surface area contributed by atoms with Gasteiger partial charge in [-0.25, -0.2) is 13.4 Å². The number of hydrogen-bond donors (Lipinski definition) is 0. The number of rotatable bonds is 8. The van der Waals surface area contributed by atoms with Gasteiger partial charge in [0.1, 0.15) is 0 Å². The van der Waals surface area contributed by atoms with Crippen LogP contribution in [-0.4, -0.2) is 57.1 Å². The minimum atomic E-state index is -3.39. The first kappa shape index (κ1) is 25.3. The molecule has 0 fully saturated rings. The van der Waals surface area contributed by atoms with Crippen molar-refractivity contribution >= 4 is 54.8 Å². The highest BCUT2D eigenvalue weighted by Gasteiger charge is 2.23. The number of aryl methyl sites for hydroxylation is 1. The summed E-state index contributed by atoms with van der Waals surface area (Å²) in [5.74, 6) is -0.244. The average Bonchev–Trinajstić information content (AvgIpc) is 3.13. The molecule has 0 aliphatic carbocycles. The quantitative estimate of drug-likeness (QED) is 0.476. The van der Waals surface area contributed by atoms with Gasteiger partial charge in [-0.1, -0.05) is 30.4 Å². The van der Waals surface area contributed by atoms with E-state index in [1.807, 2.05) is 33.2 Å². The van der Waals surface area contributed by atoms with Crippen molar-refractivity contribution < 1.29 is 13.2 Å². The summed E-state index contributed by atoms with van der Waals surface area (Å²) in [7, 11) is 0.595. The molecule has 3 aromatic rings. The number of amides is 1. The summed E-state index contributed by atoms with van der Waals surface area (Å²) in [5, 5.41) is 0.628. The van der Waals surface area contributed by atoms with E-state index in [4.69, 9.17) is 0 Å². The summed E-state index contributed by atoms with van der Waals surface area (Å²) in [4.78, 5) is 22.0. The van der Waals surface area contributed by atoms with Crippen molar-refractivity contribution in [1.82, 2.24) is 9.88 Å². The van der Waals surface area contributed by atoms with Crippen LogP contribution in [-0.2, 0) is 9.84 Å². The number of halogens is 1. The van der Waals surface area contributed by atoms with Gasteiger partial charge in [0.15, 0.2) is 15.0 Å². The van der Waals surface area contributed by atoms with E-state index in [2.05, 4.69) is 16.0 Å². The zero-order valence-corrected chi connectivity index (χ0v) is 20.6. The zero-order valence-electron chi connectivity index (χ0n) is 18.2. The van der Waals surface area contributed by atoms with Gasteiger partial charge >= 0.3 is 0 Å². The minimum absolute atomic E-state index is 0. The Bertz CT molecular complexity index is 1160. The number of fused-ring (bicyclic) bond motifs is 1. The lowest BCUT2D eigenvalue weighted by atomic mass is 10.2. The monoisotopic (exact) mass is 481 g/mol. The Kier molecular flexibility index (Phi) is 8.59. The topological polar surface area (TPSA) is 70.6 Å². The average molecular weight is 482 g/mol. The highest BCUT2D eigenvalue weighted by atomic mass is 35.5. The van der Waals surface area contributed by atoms with Crippen LogP contribution in [0.5, 0.6) is 0 Å². The molecule has 0 bridgehead atoms. The molecule has 3 rings (SSSR count). The number of nitrogens with zero attached hydrogens (tertiary/aromatic N) is 3. The number of aromatic nitrogens is 1. The van der Waals surface area contributed by atoms with Gasteiger partial charge < -0.3 is 4.90 Å². The minimum Gasteiger partial charge on any atom is -0.309 e. The molecule has 0 unspecified atom stereocenters. The maximum Gasteiger partial charge on any atom is 0.260 e. The number of anilines is 1. The summed E-state index contributed by atoms with van der Waals surface area (Å²) in [5.41, 5.74) is 2.35. The van der Waals surface area contributed by atoms with Crippen LogP contribution in [0.1, 0.15) is 29.3 Å². The van der Waals surface area contributed by atoms with Crippen LogP contribution in [0.15, 0.2) is 47.4 Å². The molecule has 0 aliphatic heterocycles. The van der Waals surface area contributed by atoms with E-state index in [0.29, 0.717) is 17.2 Å². The molecule has 2 aromatic carbocycles. The maximum absolute atomic E-state index is 13.4. The van der Waals surface area contributed by atoms with Crippen LogP contribution in [0.4, 0.5) is 5.13 Å².